The lowest BCUT2D eigenvalue weighted by Gasteiger charge is -2.37. The topological polar surface area (TPSA) is 48.0 Å². The molecular weight excluding hydrogens is 270 g/mol. The molecule has 5 heteroatoms. The maximum atomic E-state index is 12.5. The van der Waals surface area contributed by atoms with Crippen molar-refractivity contribution in [3.63, 3.8) is 0 Å². The van der Waals surface area contributed by atoms with Crippen molar-refractivity contribution in [3.05, 3.63) is 0 Å². The van der Waals surface area contributed by atoms with Crippen LogP contribution in [-0.4, -0.2) is 48.7 Å². The van der Waals surface area contributed by atoms with E-state index in [1.165, 1.54) is 0 Å². The summed E-state index contributed by atoms with van der Waals surface area (Å²) in [7, 11) is 1.70. The third-order valence-corrected chi connectivity index (χ3v) is 3.49. The molecule has 0 aliphatic carbocycles. The average Bonchev–Trinajstić information content (AvgIpc) is 2.50. The summed E-state index contributed by atoms with van der Waals surface area (Å²) >= 11 is 0. The van der Waals surface area contributed by atoms with Gasteiger partial charge in [0.1, 0.15) is 11.3 Å². The molecule has 0 unspecified atom stereocenters. The number of nitrogens with zero attached hydrogens (tertiary/aromatic N) is 1. The molecule has 0 bridgehead atoms. The van der Waals surface area contributed by atoms with Gasteiger partial charge in [-0.1, -0.05) is 13.8 Å². The highest BCUT2D eigenvalue weighted by Gasteiger charge is 2.47. The van der Waals surface area contributed by atoms with Crippen molar-refractivity contribution >= 4 is 6.09 Å². The van der Waals surface area contributed by atoms with E-state index in [-0.39, 0.29) is 17.6 Å². The first-order chi connectivity index (χ1) is 9.38. The van der Waals surface area contributed by atoms with E-state index in [1.807, 2.05) is 34.6 Å². The molecule has 1 aliphatic rings. The Morgan fingerprint density at radius 2 is 1.86 bits per heavy atom. The maximum absolute atomic E-state index is 12.5. The third kappa shape index (κ3) is 5.15. The zero-order chi connectivity index (χ0) is 16.5. The van der Waals surface area contributed by atoms with Crippen molar-refractivity contribution in [2.45, 2.75) is 72.3 Å². The Morgan fingerprint density at radius 1 is 1.29 bits per heavy atom. The Balaban J connectivity index is 2.87. The molecule has 1 rings (SSSR count). The summed E-state index contributed by atoms with van der Waals surface area (Å²) in [6, 6.07) is -0.000000000000000444. The predicted molar refractivity (Wildman–Crippen MR) is 82.2 cm³/mol. The van der Waals surface area contributed by atoms with Crippen molar-refractivity contribution in [2.24, 2.45) is 5.41 Å². The Hall–Kier alpha value is -0.810. The summed E-state index contributed by atoms with van der Waals surface area (Å²) in [5.41, 5.74) is -1.18. The second-order valence-electron chi connectivity index (χ2n) is 8.06. The van der Waals surface area contributed by atoms with Gasteiger partial charge in [-0.25, -0.2) is 4.79 Å². The lowest BCUT2D eigenvalue weighted by molar-refractivity contribution is -0.0642. The average molecular weight is 301 g/mol. The molecular formula is C16H31NO4. The third-order valence-electron chi connectivity index (χ3n) is 3.49. The summed E-state index contributed by atoms with van der Waals surface area (Å²) in [5, 5.41) is 0. The van der Waals surface area contributed by atoms with E-state index in [0.29, 0.717) is 13.2 Å². The van der Waals surface area contributed by atoms with Gasteiger partial charge < -0.3 is 14.2 Å². The van der Waals surface area contributed by atoms with Crippen LogP contribution in [0.2, 0.25) is 0 Å². The van der Waals surface area contributed by atoms with Gasteiger partial charge >= 0.3 is 6.09 Å². The smallest absolute Gasteiger partial charge is 0.412 e. The number of carbonyl (C=O) groups excluding carboxylic acids is 1. The monoisotopic (exact) mass is 301 g/mol. The van der Waals surface area contributed by atoms with Crippen LogP contribution >= 0.6 is 0 Å². The molecule has 21 heavy (non-hydrogen) atoms. The van der Waals surface area contributed by atoms with Crippen molar-refractivity contribution in [2.75, 3.05) is 20.3 Å². The first kappa shape index (κ1) is 18.2. The first-order valence-electron chi connectivity index (χ1n) is 7.53. The number of hydrogen-bond donors (Lipinski definition) is 0. The molecule has 0 N–H and O–H groups in total. The fourth-order valence-electron chi connectivity index (χ4n) is 2.80. The fourth-order valence-corrected chi connectivity index (χ4v) is 2.80. The molecule has 0 aromatic heterocycles. The Morgan fingerprint density at radius 3 is 2.33 bits per heavy atom. The highest BCUT2D eigenvalue weighted by Crippen LogP contribution is 2.35. The number of methoxy groups -OCH3 is 1. The van der Waals surface area contributed by atoms with Crippen LogP contribution in [0.4, 0.5) is 4.79 Å². The zero-order valence-electron chi connectivity index (χ0n) is 14.8. The molecule has 1 fully saturated rings. The summed E-state index contributed by atoms with van der Waals surface area (Å²) in [4.78, 5) is 14.3. The van der Waals surface area contributed by atoms with Crippen LogP contribution in [0.15, 0.2) is 0 Å². The largest absolute Gasteiger partial charge is 0.444 e. The number of amides is 1. The minimum atomic E-state index is -0.643. The minimum absolute atomic E-state index is 0.000000000000000444. The van der Waals surface area contributed by atoms with Gasteiger partial charge in [-0.2, -0.15) is 0 Å². The predicted octanol–water partition coefficient (Wildman–Crippen LogP) is 3.42. The molecule has 0 aromatic rings. The molecule has 1 aliphatic heterocycles. The Kier molecular flexibility index (Phi) is 5.32. The van der Waals surface area contributed by atoms with Crippen molar-refractivity contribution in [1.82, 2.24) is 4.90 Å². The molecule has 124 valence electrons. The molecule has 1 amide bonds. The second-order valence-corrected chi connectivity index (χ2v) is 8.06. The van der Waals surface area contributed by atoms with Crippen molar-refractivity contribution in [3.8, 4) is 0 Å². The Labute approximate surface area is 128 Å². The number of hydrogen-bond acceptors (Lipinski definition) is 4. The standard InChI is InChI=1S/C16H31NO4/c1-14(2,3)21-13(18)17-12(10-20-16(17,6)7)9-15(4,5)11-19-8/h12H,9-11H2,1-8H3/t12-/m0/s1. The van der Waals surface area contributed by atoms with Gasteiger partial charge in [0.2, 0.25) is 0 Å². The van der Waals surface area contributed by atoms with E-state index in [4.69, 9.17) is 14.2 Å². The van der Waals surface area contributed by atoms with E-state index < -0.39 is 11.3 Å². The molecule has 1 saturated heterocycles. The maximum Gasteiger partial charge on any atom is 0.412 e. The summed E-state index contributed by atoms with van der Waals surface area (Å²) < 4.78 is 16.6. The van der Waals surface area contributed by atoms with Gasteiger partial charge in [0, 0.05) is 7.11 Å². The molecule has 5 nitrogen and oxygen atoms in total. The van der Waals surface area contributed by atoms with Crippen molar-refractivity contribution in [1.29, 1.82) is 0 Å². The molecule has 0 aromatic carbocycles. The summed E-state index contributed by atoms with van der Waals surface area (Å²) in [5.74, 6) is 0. The number of ether oxygens (including phenoxy) is 3. The molecule has 1 atom stereocenters. The van der Waals surface area contributed by atoms with Crippen LogP contribution in [0.1, 0.15) is 54.9 Å². The fraction of sp³-hybridized carbons (Fsp3) is 0.938. The van der Waals surface area contributed by atoms with E-state index in [0.717, 1.165) is 6.42 Å². The van der Waals surface area contributed by atoms with Gasteiger partial charge in [0.15, 0.2) is 0 Å². The van der Waals surface area contributed by atoms with Crippen LogP contribution in [0.3, 0.4) is 0 Å². The van der Waals surface area contributed by atoms with Gasteiger partial charge in [-0.05, 0) is 46.5 Å². The zero-order valence-corrected chi connectivity index (χ0v) is 14.8. The quantitative estimate of drug-likeness (QED) is 0.798. The van der Waals surface area contributed by atoms with Gasteiger partial charge in [-0.15, -0.1) is 0 Å². The van der Waals surface area contributed by atoms with Crippen LogP contribution in [-0.2, 0) is 14.2 Å². The summed E-state index contributed by atoms with van der Waals surface area (Å²) in [6.45, 7) is 14.9. The van der Waals surface area contributed by atoms with Crippen LogP contribution in [0.5, 0.6) is 0 Å². The summed E-state index contributed by atoms with van der Waals surface area (Å²) in [6.07, 6.45) is 0.493. The Bertz CT molecular complexity index is 371. The number of carbonyl (C=O) groups is 1. The van der Waals surface area contributed by atoms with E-state index in [1.54, 1.807) is 12.0 Å². The van der Waals surface area contributed by atoms with E-state index >= 15 is 0 Å². The van der Waals surface area contributed by atoms with Gasteiger partial charge in [-0.3, -0.25) is 4.90 Å². The molecule has 0 radical (unpaired) electrons. The normalized spacial score (nSPS) is 22.5. The highest BCUT2D eigenvalue weighted by atomic mass is 16.6. The first-order valence-corrected chi connectivity index (χ1v) is 7.53. The number of rotatable bonds is 4. The van der Waals surface area contributed by atoms with E-state index in [2.05, 4.69) is 13.8 Å². The minimum Gasteiger partial charge on any atom is -0.444 e. The second kappa shape index (κ2) is 6.13. The van der Waals surface area contributed by atoms with Gasteiger partial charge in [0.25, 0.3) is 0 Å². The van der Waals surface area contributed by atoms with Crippen LogP contribution in [0, 0.1) is 5.41 Å². The van der Waals surface area contributed by atoms with Crippen LogP contribution < -0.4 is 0 Å². The highest BCUT2D eigenvalue weighted by molar-refractivity contribution is 5.69. The SMILES string of the molecule is COCC(C)(C)C[C@H]1COC(C)(C)N1C(=O)OC(C)(C)C. The molecule has 0 spiro atoms. The molecule has 0 saturated carbocycles. The molecule has 1 heterocycles. The van der Waals surface area contributed by atoms with E-state index in [9.17, 15) is 4.79 Å². The lowest BCUT2D eigenvalue weighted by Crippen LogP contribution is -2.51. The lowest BCUT2D eigenvalue weighted by atomic mass is 9.86. The van der Waals surface area contributed by atoms with Crippen LogP contribution in [0.25, 0.3) is 0 Å². The van der Waals surface area contributed by atoms with Gasteiger partial charge in [0.05, 0.1) is 19.3 Å². The van der Waals surface area contributed by atoms with Crippen molar-refractivity contribution < 1.29 is 19.0 Å².